The quantitative estimate of drug-likeness (QED) is 0.626. The summed E-state index contributed by atoms with van der Waals surface area (Å²) < 4.78 is 15.5. The second-order valence-electron chi connectivity index (χ2n) is 4.78. The number of hydrogen-bond acceptors (Lipinski definition) is 4. The molecule has 0 fully saturated rings. The lowest BCUT2D eigenvalue weighted by Gasteiger charge is -2.26. The number of methoxy groups -OCH3 is 3. The first kappa shape index (κ1) is 14.4. The van der Waals surface area contributed by atoms with E-state index in [2.05, 4.69) is 12.2 Å². The first-order valence-corrected chi connectivity index (χ1v) is 6.67. The van der Waals surface area contributed by atoms with Crippen LogP contribution < -0.4 is 9.47 Å². The van der Waals surface area contributed by atoms with Crippen molar-refractivity contribution >= 4 is 5.97 Å². The summed E-state index contributed by atoms with van der Waals surface area (Å²) in [5, 5.41) is 0. The van der Waals surface area contributed by atoms with E-state index in [4.69, 9.17) is 14.2 Å². The Morgan fingerprint density at radius 3 is 2.55 bits per heavy atom. The molecule has 0 aromatic heterocycles. The van der Waals surface area contributed by atoms with E-state index >= 15 is 0 Å². The zero-order valence-corrected chi connectivity index (χ0v) is 12.1. The minimum Gasteiger partial charge on any atom is -0.493 e. The predicted molar refractivity (Wildman–Crippen MR) is 76.2 cm³/mol. The number of allylic oxidation sites excluding steroid dienone is 2. The molecule has 1 aliphatic carbocycles. The molecule has 1 aromatic rings. The fourth-order valence-corrected chi connectivity index (χ4v) is 2.65. The fraction of sp³-hybridized carbons (Fsp3) is 0.438. The summed E-state index contributed by atoms with van der Waals surface area (Å²) in [7, 11) is 4.65. The van der Waals surface area contributed by atoms with Gasteiger partial charge >= 0.3 is 5.97 Å². The number of hydrogen-bond donors (Lipinski definition) is 0. The maximum Gasteiger partial charge on any atom is 0.309 e. The molecule has 108 valence electrons. The number of esters is 1. The zero-order valence-electron chi connectivity index (χ0n) is 12.1. The summed E-state index contributed by atoms with van der Waals surface area (Å²) in [6.07, 6.45) is 5.90. The van der Waals surface area contributed by atoms with Crippen LogP contribution >= 0.6 is 0 Å². The predicted octanol–water partition coefficient (Wildman–Crippen LogP) is 2.93. The van der Waals surface area contributed by atoms with Crippen molar-refractivity contribution in [1.82, 2.24) is 0 Å². The number of benzene rings is 1. The van der Waals surface area contributed by atoms with Crippen LogP contribution in [0.1, 0.15) is 24.3 Å². The molecule has 0 spiro atoms. The van der Waals surface area contributed by atoms with Crippen molar-refractivity contribution in [2.45, 2.75) is 18.8 Å². The molecule has 0 saturated carbocycles. The molecular formula is C16H20O4. The molecule has 0 aliphatic heterocycles. The number of rotatable bonds is 4. The van der Waals surface area contributed by atoms with Crippen molar-refractivity contribution in [3.8, 4) is 11.5 Å². The Labute approximate surface area is 119 Å². The van der Waals surface area contributed by atoms with Crippen LogP contribution in [0.15, 0.2) is 30.4 Å². The lowest BCUT2D eigenvalue weighted by atomic mass is 9.79. The zero-order chi connectivity index (χ0) is 14.5. The van der Waals surface area contributed by atoms with Crippen LogP contribution in [0.5, 0.6) is 11.5 Å². The van der Waals surface area contributed by atoms with Gasteiger partial charge in [0.1, 0.15) is 0 Å². The van der Waals surface area contributed by atoms with Crippen LogP contribution in [-0.2, 0) is 9.53 Å². The highest BCUT2D eigenvalue weighted by Gasteiger charge is 2.30. The Balaban J connectivity index is 2.35. The molecule has 0 radical (unpaired) electrons. The summed E-state index contributed by atoms with van der Waals surface area (Å²) in [5.74, 6) is 1.09. The van der Waals surface area contributed by atoms with Crippen molar-refractivity contribution in [3.05, 3.63) is 35.9 Å². The van der Waals surface area contributed by atoms with Gasteiger partial charge in [-0.05, 0) is 30.5 Å². The van der Waals surface area contributed by atoms with Crippen molar-refractivity contribution in [1.29, 1.82) is 0 Å². The monoisotopic (exact) mass is 276 g/mol. The van der Waals surface area contributed by atoms with E-state index in [0.29, 0.717) is 11.5 Å². The maximum absolute atomic E-state index is 11.9. The van der Waals surface area contributed by atoms with Gasteiger partial charge in [0.05, 0.1) is 27.2 Å². The van der Waals surface area contributed by atoms with Gasteiger partial charge in [-0.3, -0.25) is 4.79 Å². The van der Waals surface area contributed by atoms with Crippen LogP contribution in [0, 0.1) is 5.92 Å². The third kappa shape index (κ3) is 2.79. The topological polar surface area (TPSA) is 44.8 Å². The first-order valence-electron chi connectivity index (χ1n) is 6.67. The van der Waals surface area contributed by atoms with Crippen LogP contribution in [0.4, 0.5) is 0 Å². The van der Waals surface area contributed by atoms with E-state index in [9.17, 15) is 4.79 Å². The average molecular weight is 276 g/mol. The second-order valence-corrected chi connectivity index (χ2v) is 4.78. The van der Waals surface area contributed by atoms with Crippen molar-refractivity contribution in [3.63, 3.8) is 0 Å². The average Bonchev–Trinajstić information content (AvgIpc) is 2.53. The largest absolute Gasteiger partial charge is 0.493 e. The Kier molecular flexibility index (Phi) is 4.66. The molecule has 20 heavy (non-hydrogen) atoms. The lowest BCUT2D eigenvalue weighted by molar-refractivity contribution is -0.146. The molecule has 1 aliphatic rings. The van der Waals surface area contributed by atoms with E-state index < -0.39 is 0 Å². The van der Waals surface area contributed by atoms with E-state index in [0.717, 1.165) is 18.4 Å². The third-order valence-corrected chi connectivity index (χ3v) is 3.72. The number of carbonyl (C=O) groups is 1. The summed E-state index contributed by atoms with van der Waals surface area (Å²) in [6, 6.07) is 5.76. The van der Waals surface area contributed by atoms with Gasteiger partial charge in [-0.2, -0.15) is 0 Å². The Hall–Kier alpha value is -1.97. The molecule has 0 bridgehead atoms. The van der Waals surface area contributed by atoms with Crippen LogP contribution in [0.25, 0.3) is 0 Å². The standard InChI is InChI=1S/C16H20O4/c1-18-14-9-8-11(10-15(14)19-2)12-6-4-5-7-13(12)16(17)20-3/h4,6,8-10,12-13H,5,7H2,1-3H3/t12-,13-/m1/s1. The van der Waals surface area contributed by atoms with Crippen molar-refractivity contribution < 1.29 is 19.0 Å². The highest BCUT2D eigenvalue weighted by atomic mass is 16.5. The van der Waals surface area contributed by atoms with Gasteiger partial charge in [0, 0.05) is 5.92 Å². The fourth-order valence-electron chi connectivity index (χ4n) is 2.65. The van der Waals surface area contributed by atoms with Gasteiger partial charge < -0.3 is 14.2 Å². The van der Waals surface area contributed by atoms with E-state index in [-0.39, 0.29) is 17.8 Å². The van der Waals surface area contributed by atoms with Gasteiger partial charge in [0.2, 0.25) is 0 Å². The van der Waals surface area contributed by atoms with Gasteiger partial charge in [-0.15, -0.1) is 0 Å². The summed E-state index contributed by atoms with van der Waals surface area (Å²) in [6.45, 7) is 0. The third-order valence-electron chi connectivity index (χ3n) is 3.72. The molecule has 2 atom stereocenters. The van der Waals surface area contributed by atoms with Crippen molar-refractivity contribution in [2.75, 3.05) is 21.3 Å². The first-order chi connectivity index (χ1) is 9.71. The highest BCUT2D eigenvalue weighted by molar-refractivity contribution is 5.74. The maximum atomic E-state index is 11.9. The van der Waals surface area contributed by atoms with Crippen LogP contribution in [0.3, 0.4) is 0 Å². The SMILES string of the molecule is COC(=O)[C@@H]1CCC=C[C@@H]1c1ccc(OC)c(OC)c1. The molecule has 0 unspecified atom stereocenters. The molecule has 0 heterocycles. The highest BCUT2D eigenvalue weighted by Crippen LogP contribution is 2.38. The van der Waals surface area contributed by atoms with Crippen molar-refractivity contribution in [2.24, 2.45) is 5.92 Å². The Bertz CT molecular complexity index is 507. The van der Waals surface area contributed by atoms with E-state index in [1.807, 2.05) is 18.2 Å². The molecular weight excluding hydrogens is 256 g/mol. The lowest BCUT2D eigenvalue weighted by Crippen LogP contribution is -2.24. The minimum atomic E-state index is -0.158. The van der Waals surface area contributed by atoms with Gasteiger partial charge in [0.25, 0.3) is 0 Å². The Morgan fingerprint density at radius 2 is 1.90 bits per heavy atom. The molecule has 4 nitrogen and oxygen atoms in total. The molecule has 0 N–H and O–H groups in total. The molecule has 0 saturated heterocycles. The molecule has 0 amide bonds. The van der Waals surface area contributed by atoms with Crippen LogP contribution in [0.2, 0.25) is 0 Å². The minimum absolute atomic E-state index is 0.0241. The summed E-state index contributed by atoms with van der Waals surface area (Å²) in [5.41, 5.74) is 1.04. The van der Waals surface area contributed by atoms with Gasteiger partial charge in [0.15, 0.2) is 11.5 Å². The Morgan fingerprint density at radius 1 is 1.15 bits per heavy atom. The van der Waals surface area contributed by atoms with E-state index in [1.54, 1.807) is 14.2 Å². The van der Waals surface area contributed by atoms with E-state index in [1.165, 1.54) is 7.11 Å². The summed E-state index contributed by atoms with van der Waals surface area (Å²) in [4.78, 5) is 11.9. The summed E-state index contributed by atoms with van der Waals surface area (Å²) >= 11 is 0. The smallest absolute Gasteiger partial charge is 0.309 e. The van der Waals surface area contributed by atoms with Gasteiger partial charge in [-0.25, -0.2) is 0 Å². The van der Waals surface area contributed by atoms with Crippen LogP contribution in [-0.4, -0.2) is 27.3 Å². The molecule has 4 heteroatoms. The number of ether oxygens (including phenoxy) is 3. The number of carbonyl (C=O) groups excluding carboxylic acids is 1. The van der Waals surface area contributed by atoms with Gasteiger partial charge in [-0.1, -0.05) is 18.2 Å². The normalized spacial score (nSPS) is 21.4. The molecule has 1 aromatic carbocycles. The second kappa shape index (κ2) is 6.46. The molecule has 2 rings (SSSR count).